The second-order valence-electron chi connectivity index (χ2n) is 7.25. The van der Waals surface area contributed by atoms with Crippen LogP contribution in [-0.4, -0.2) is 15.4 Å². The van der Waals surface area contributed by atoms with Crippen LogP contribution in [0.25, 0.3) is 22.4 Å². The molecule has 0 spiro atoms. The molecule has 1 N–H and O–H groups in total. The van der Waals surface area contributed by atoms with Gasteiger partial charge in [-0.2, -0.15) is 15.4 Å². The summed E-state index contributed by atoms with van der Waals surface area (Å²) in [7, 11) is 0. The highest BCUT2D eigenvalue weighted by Gasteiger charge is 2.19. The first-order chi connectivity index (χ1) is 15.4. The molecule has 31 heavy (non-hydrogen) atoms. The number of aromatic nitrogens is 3. The summed E-state index contributed by atoms with van der Waals surface area (Å²) in [5.74, 6) is 0. The second-order valence-corrected chi connectivity index (χ2v) is 7.25. The number of rotatable bonds is 5. The average Bonchev–Trinajstić information content (AvgIpc) is 3.39. The summed E-state index contributed by atoms with van der Waals surface area (Å²) >= 11 is 0. The fourth-order valence-corrected chi connectivity index (χ4v) is 3.96. The normalized spacial score (nSPS) is 10.6. The SMILES string of the molecule is c1ccc(C(=C(c2ccccc2)c2ccccc2-c2cn[nH]n2)c2ccccc2)cc1. The van der Waals surface area contributed by atoms with Gasteiger partial charge < -0.3 is 0 Å². The molecule has 0 bridgehead atoms. The van der Waals surface area contributed by atoms with E-state index >= 15 is 0 Å². The van der Waals surface area contributed by atoms with Gasteiger partial charge in [0.15, 0.2) is 0 Å². The predicted molar refractivity (Wildman–Crippen MR) is 126 cm³/mol. The van der Waals surface area contributed by atoms with Crippen LogP contribution in [0, 0.1) is 0 Å². The molecule has 0 atom stereocenters. The van der Waals surface area contributed by atoms with Crippen molar-refractivity contribution in [2.45, 2.75) is 0 Å². The summed E-state index contributed by atoms with van der Waals surface area (Å²) in [6.45, 7) is 0. The van der Waals surface area contributed by atoms with Crippen LogP contribution in [0.3, 0.4) is 0 Å². The fraction of sp³-hybridized carbons (Fsp3) is 0. The Hall–Kier alpha value is -4.24. The monoisotopic (exact) mass is 399 g/mol. The van der Waals surface area contributed by atoms with Crippen LogP contribution in [0.15, 0.2) is 121 Å². The molecule has 0 saturated carbocycles. The van der Waals surface area contributed by atoms with Crippen LogP contribution in [-0.2, 0) is 0 Å². The van der Waals surface area contributed by atoms with Crippen molar-refractivity contribution in [2.24, 2.45) is 0 Å². The van der Waals surface area contributed by atoms with Gasteiger partial charge in [-0.25, -0.2) is 0 Å². The van der Waals surface area contributed by atoms with Crippen molar-refractivity contribution in [3.05, 3.63) is 144 Å². The average molecular weight is 399 g/mol. The van der Waals surface area contributed by atoms with Gasteiger partial charge in [0.25, 0.3) is 0 Å². The lowest BCUT2D eigenvalue weighted by molar-refractivity contribution is 0.942. The van der Waals surface area contributed by atoms with Crippen molar-refractivity contribution in [3.63, 3.8) is 0 Å². The molecule has 148 valence electrons. The van der Waals surface area contributed by atoms with E-state index in [1.807, 2.05) is 6.07 Å². The lowest BCUT2D eigenvalue weighted by Crippen LogP contribution is -1.99. The first kappa shape index (κ1) is 18.8. The number of aromatic amines is 1. The molecule has 4 aromatic carbocycles. The Kier molecular flexibility index (Phi) is 5.23. The maximum absolute atomic E-state index is 4.37. The molecule has 0 unspecified atom stereocenters. The minimum Gasteiger partial charge on any atom is -0.197 e. The van der Waals surface area contributed by atoms with Crippen molar-refractivity contribution in [1.82, 2.24) is 15.4 Å². The van der Waals surface area contributed by atoms with E-state index in [1.54, 1.807) is 6.20 Å². The van der Waals surface area contributed by atoms with Crippen molar-refractivity contribution in [2.75, 3.05) is 0 Å². The van der Waals surface area contributed by atoms with E-state index in [0.717, 1.165) is 28.0 Å². The Bertz CT molecular complexity index is 1250. The van der Waals surface area contributed by atoms with Crippen molar-refractivity contribution >= 4 is 11.1 Å². The number of hydrogen-bond donors (Lipinski definition) is 1. The zero-order valence-corrected chi connectivity index (χ0v) is 16.9. The van der Waals surface area contributed by atoms with E-state index in [0.29, 0.717) is 0 Å². The van der Waals surface area contributed by atoms with Crippen LogP contribution in [0.1, 0.15) is 22.3 Å². The highest BCUT2D eigenvalue weighted by molar-refractivity contribution is 6.06. The Labute approximate surface area is 181 Å². The van der Waals surface area contributed by atoms with Crippen molar-refractivity contribution in [1.29, 1.82) is 0 Å². The van der Waals surface area contributed by atoms with Crippen LogP contribution in [0.5, 0.6) is 0 Å². The summed E-state index contributed by atoms with van der Waals surface area (Å²) in [4.78, 5) is 0. The lowest BCUT2D eigenvalue weighted by atomic mass is 9.84. The maximum Gasteiger partial charge on any atom is 0.113 e. The Morgan fingerprint density at radius 3 is 1.52 bits per heavy atom. The molecule has 1 heterocycles. The molecule has 5 rings (SSSR count). The maximum atomic E-state index is 4.37. The van der Waals surface area contributed by atoms with E-state index in [-0.39, 0.29) is 0 Å². The minimum absolute atomic E-state index is 0.824. The van der Waals surface area contributed by atoms with E-state index in [9.17, 15) is 0 Å². The third-order valence-corrected chi connectivity index (χ3v) is 5.32. The van der Waals surface area contributed by atoms with E-state index < -0.39 is 0 Å². The van der Waals surface area contributed by atoms with Crippen LogP contribution in [0.4, 0.5) is 0 Å². The molecule has 3 heteroatoms. The Morgan fingerprint density at radius 2 is 1.00 bits per heavy atom. The van der Waals surface area contributed by atoms with Gasteiger partial charge >= 0.3 is 0 Å². The lowest BCUT2D eigenvalue weighted by Gasteiger charge is -2.19. The first-order valence-corrected chi connectivity index (χ1v) is 10.3. The molecule has 0 aliphatic heterocycles. The van der Waals surface area contributed by atoms with Gasteiger partial charge in [0.05, 0.1) is 6.20 Å². The minimum atomic E-state index is 0.824. The Balaban J connectivity index is 1.90. The first-order valence-electron chi connectivity index (χ1n) is 10.3. The molecule has 1 aromatic heterocycles. The summed E-state index contributed by atoms with van der Waals surface area (Å²) in [6.07, 6.45) is 1.77. The standard InChI is InChI=1S/C28H21N3/c1-4-12-21(13-5-1)27(22-14-6-2-7-15-22)28(23-16-8-3-9-17-23)25-19-11-10-18-24(25)26-20-29-31-30-26/h1-20H,(H,29,30,31). The largest absolute Gasteiger partial charge is 0.197 e. The summed E-state index contributed by atoms with van der Waals surface area (Å²) < 4.78 is 0. The van der Waals surface area contributed by atoms with E-state index in [2.05, 4.69) is 125 Å². The van der Waals surface area contributed by atoms with Crippen LogP contribution < -0.4 is 0 Å². The molecule has 0 aliphatic rings. The van der Waals surface area contributed by atoms with Gasteiger partial charge in [-0.3, -0.25) is 0 Å². The van der Waals surface area contributed by atoms with E-state index in [4.69, 9.17) is 0 Å². The molecule has 0 saturated heterocycles. The van der Waals surface area contributed by atoms with Crippen molar-refractivity contribution < 1.29 is 0 Å². The van der Waals surface area contributed by atoms with Crippen LogP contribution >= 0.6 is 0 Å². The number of hydrogen-bond acceptors (Lipinski definition) is 2. The number of nitrogens with zero attached hydrogens (tertiary/aromatic N) is 2. The Morgan fingerprint density at radius 1 is 0.516 bits per heavy atom. The predicted octanol–water partition coefficient (Wildman–Crippen LogP) is 6.48. The van der Waals surface area contributed by atoms with Gasteiger partial charge in [0, 0.05) is 5.56 Å². The van der Waals surface area contributed by atoms with Gasteiger partial charge in [0.1, 0.15) is 5.69 Å². The molecule has 5 aromatic rings. The van der Waals surface area contributed by atoms with E-state index in [1.165, 1.54) is 16.7 Å². The zero-order valence-electron chi connectivity index (χ0n) is 16.9. The summed E-state index contributed by atoms with van der Waals surface area (Å²) in [5, 5.41) is 11.2. The molecule has 3 nitrogen and oxygen atoms in total. The molecule has 0 fully saturated rings. The second kappa shape index (κ2) is 8.64. The van der Waals surface area contributed by atoms with Gasteiger partial charge in [-0.05, 0) is 33.4 Å². The quantitative estimate of drug-likeness (QED) is 0.344. The summed E-state index contributed by atoms with van der Waals surface area (Å²) in [5.41, 5.74) is 8.82. The molecule has 0 aliphatic carbocycles. The third kappa shape index (κ3) is 3.81. The molecular formula is C28H21N3. The smallest absolute Gasteiger partial charge is 0.113 e. The number of benzene rings is 4. The number of H-pyrrole nitrogens is 1. The fourth-order valence-electron chi connectivity index (χ4n) is 3.96. The zero-order chi connectivity index (χ0) is 20.9. The molecule has 0 radical (unpaired) electrons. The summed E-state index contributed by atoms with van der Waals surface area (Å²) in [6, 6.07) is 40.1. The highest BCUT2D eigenvalue weighted by atomic mass is 15.3. The van der Waals surface area contributed by atoms with Crippen molar-refractivity contribution in [3.8, 4) is 11.3 Å². The van der Waals surface area contributed by atoms with Gasteiger partial charge in [0.2, 0.25) is 0 Å². The number of nitrogens with one attached hydrogen (secondary N) is 1. The molecule has 0 amide bonds. The topological polar surface area (TPSA) is 41.6 Å². The van der Waals surface area contributed by atoms with Crippen LogP contribution in [0.2, 0.25) is 0 Å². The van der Waals surface area contributed by atoms with Gasteiger partial charge in [-0.1, -0.05) is 115 Å². The highest BCUT2D eigenvalue weighted by Crippen LogP contribution is 2.40. The van der Waals surface area contributed by atoms with Gasteiger partial charge in [-0.15, -0.1) is 0 Å². The third-order valence-electron chi connectivity index (χ3n) is 5.32. The molecular weight excluding hydrogens is 378 g/mol.